The van der Waals surface area contributed by atoms with Crippen molar-refractivity contribution in [1.29, 1.82) is 0 Å². The summed E-state index contributed by atoms with van der Waals surface area (Å²) in [7, 11) is 5.56. The van der Waals surface area contributed by atoms with Gasteiger partial charge in [-0.25, -0.2) is 9.59 Å². The minimum Gasteiger partial charge on any atom is -0.493 e. The number of methoxy groups -OCH3 is 4. The zero-order valence-corrected chi connectivity index (χ0v) is 17.4. The van der Waals surface area contributed by atoms with Crippen LogP contribution in [0.15, 0.2) is 36.4 Å². The fourth-order valence-corrected chi connectivity index (χ4v) is 3.67. The van der Waals surface area contributed by atoms with Gasteiger partial charge in [0.1, 0.15) is 0 Å². The number of carbonyl (C=O) groups excluding carboxylic acids is 2. The monoisotopic (exact) mass is 424 g/mol. The fourth-order valence-electron chi connectivity index (χ4n) is 3.67. The van der Waals surface area contributed by atoms with Crippen LogP contribution in [0.5, 0.6) is 23.0 Å². The number of ether oxygens (including phenoxy) is 6. The van der Waals surface area contributed by atoms with E-state index in [0.29, 0.717) is 44.9 Å². The molecule has 0 bridgehead atoms. The van der Waals surface area contributed by atoms with Gasteiger partial charge in [0.25, 0.3) is 0 Å². The molecule has 3 aromatic carbocycles. The van der Waals surface area contributed by atoms with Gasteiger partial charge in [0, 0.05) is 5.56 Å². The maximum Gasteiger partial charge on any atom is 0.339 e. The van der Waals surface area contributed by atoms with E-state index in [0.717, 1.165) is 0 Å². The van der Waals surface area contributed by atoms with Gasteiger partial charge in [-0.05, 0) is 46.7 Å². The molecule has 0 amide bonds. The van der Waals surface area contributed by atoms with Crippen molar-refractivity contribution in [3.05, 3.63) is 47.5 Å². The molecule has 1 aliphatic rings. The zero-order chi connectivity index (χ0) is 22.1. The van der Waals surface area contributed by atoms with Gasteiger partial charge in [0.15, 0.2) is 23.0 Å². The van der Waals surface area contributed by atoms with E-state index >= 15 is 0 Å². The van der Waals surface area contributed by atoms with Gasteiger partial charge in [0.2, 0.25) is 6.79 Å². The van der Waals surface area contributed by atoms with Gasteiger partial charge in [0.05, 0.1) is 39.6 Å². The van der Waals surface area contributed by atoms with Gasteiger partial charge in [-0.3, -0.25) is 0 Å². The third-order valence-corrected chi connectivity index (χ3v) is 5.10. The molecular formula is C23H20O8. The average molecular weight is 424 g/mol. The van der Waals surface area contributed by atoms with Crippen molar-refractivity contribution in [3.63, 3.8) is 0 Å². The molecule has 4 rings (SSSR count). The van der Waals surface area contributed by atoms with Crippen LogP contribution in [0.2, 0.25) is 0 Å². The van der Waals surface area contributed by atoms with E-state index in [1.807, 2.05) is 0 Å². The third kappa shape index (κ3) is 3.35. The molecule has 8 heteroatoms. The van der Waals surface area contributed by atoms with Crippen molar-refractivity contribution in [2.24, 2.45) is 0 Å². The molecule has 8 nitrogen and oxygen atoms in total. The van der Waals surface area contributed by atoms with Crippen LogP contribution in [0.25, 0.3) is 21.9 Å². The fraction of sp³-hybridized carbons (Fsp3) is 0.217. The Morgan fingerprint density at radius 3 is 2.13 bits per heavy atom. The van der Waals surface area contributed by atoms with Crippen LogP contribution in [0.1, 0.15) is 20.7 Å². The summed E-state index contributed by atoms with van der Waals surface area (Å²) in [6, 6.07) is 10.3. The molecule has 0 N–H and O–H groups in total. The maximum atomic E-state index is 12.9. The lowest BCUT2D eigenvalue weighted by atomic mass is 9.89. The number of fused-ring (bicyclic) bond motifs is 2. The van der Waals surface area contributed by atoms with E-state index < -0.39 is 11.9 Å². The molecule has 1 heterocycles. The van der Waals surface area contributed by atoms with Crippen molar-refractivity contribution >= 4 is 22.7 Å². The quantitative estimate of drug-likeness (QED) is 0.571. The second-order valence-electron chi connectivity index (χ2n) is 6.65. The highest BCUT2D eigenvalue weighted by atomic mass is 16.7. The van der Waals surface area contributed by atoms with Crippen LogP contribution in [-0.4, -0.2) is 47.2 Å². The van der Waals surface area contributed by atoms with E-state index in [2.05, 4.69) is 0 Å². The number of hydrogen-bond donors (Lipinski definition) is 0. The number of benzene rings is 3. The Morgan fingerprint density at radius 1 is 0.806 bits per heavy atom. The SMILES string of the molecule is COC(=O)c1cc2cc3c(cc2c(-c2ccc(OC)c(OC)c2)c1C(=O)OC)OCO3. The van der Waals surface area contributed by atoms with Crippen molar-refractivity contribution in [2.45, 2.75) is 0 Å². The van der Waals surface area contributed by atoms with Crippen LogP contribution in [0.4, 0.5) is 0 Å². The van der Waals surface area contributed by atoms with Crippen LogP contribution in [0, 0.1) is 0 Å². The molecule has 0 spiro atoms. The number of carbonyl (C=O) groups is 2. The first-order chi connectivity index (χ1) is 15.0. The predicted octanol–water partition coefficient (Wildman–Crippen LogP) is 3.83. The minimum absolute atomic E-state index is 0.0745. The molecule has 0 aromatic heterocycles. The van der Waals surface area contributed by atoms with Crippen molar-refractivity contribution in [2.75, 3.05) is 35.2 Å². The topological polar surface area (TPSA) is 89.5 Å². The average Bonchev–Trinajstić information content (AvgIpc) is 3.27. The third-order valence-electron chi connectivity index (χ3n) is 5.10. The summed E-state index contributed by atoms with van der Waals surface area (Å²) in [4.78, 5) is 25.5. The Morgan fingerprint density at radius 2 is 1.48 bits per heavy atom. The first kappa shape index (κ1) is 20.3. The molecule has 1 aliphatic heterocycles. The molecule has 31 heavy (non-hydrogen) atoms. The lowest BCUT2D eigenvalue weighted by molar-refractivity contribution is 0.0556. The summed E-state index contributed by atoms with van der Waals surface area (Å²) in [5.41, 5.74) is 1.25. The van der Waals surface area contributed by atoms with E-state index in [1.54, 1.807) is 36.4 Å². The Kier molecular flexibility index (Phi) is 5.29. The Balaban J connectivity index is 2.14. The van der Waals surface area contributed by atoms with E-state index in [1.165, 1.54) is 28.4 Å². The summed E-state index contributed by atoms with van der Waals surface area (Å²) >= 11 is 0. The molecule has 0 unspecified atom stereocenters. The summed E-state index contributed by atoms with van der Waals surface area (Å²) in [5.74, 6) is 0.736. The van der Waals surface area contributed by atoms with Crippen LogP contribution >= 0.6 is 0 Å². The van der Waals surface area contributed by atoms with Crippen molar-refractivity contribution < 1.29 is 38.0 Å². The molecule has 160 valence electrons. The van der Waals surface area contributed by atoms with Gasteiger partial charge >= 0.3 is 11.9 Å². The van der Waals surface area contributed by atoms with E-state index in [9.17, 15) is 9.59 Å². The van der Waals surface area contributed by atoms with Gasteiger partial charge < -0.3 is 28.4 Å². The summed E-state index contributed by atoms with van der Waals surface area (Å²) in [5, 5.41) is 1.34. The van der Waals surface area contributed by atoms with Crippen LogP contribution in [-0.2, 0) is 9.47 Å². The largest absolute Gasteiger partial charge is 0.493 e. The first-order valence-electron chi connectivity index (χ1n) is 9.31. The zero-order valence-electron chi connectivity index (χ0n) is 17.4. The van der Waals surface area contributed by atoms with E-state index in [-0.39, 0.29) is 17.9 Å². The highest BCUT2D eigenvalue weighted by Gasteiger charge is 2.28. The van der Waals surface area contributed by atoms with E-state index in [4.69, 9.17) is 28.4 Å². The Labute approximate surface area is 178 Å². The van der Waals surface area contributed by atoms with Crippen molar-refractivity contribution in [1.82, 2.24) is 0 Å². The molecule has 0 saturated carbocycles. The molecule has 0 radical (unpaired) electrons. The Bertz CT molecular complexity index is 1200. The predicted molar refractivity (Wildman–Crippen MR) is 111 cm³/mol. The van der Waals surface area contributed by atoms with Gasteiger partial charge in [-0.1, -0.05) is 6.07 Å². The number of rotatable bonds is 5. The minimum atomic E-state index is -0.676. The van der Waals surface area contributed by atoms with Crippen LogP contribution < -0.4 is 18.9 Å². The second kappa shape index (κ2) is 8.06. The lowest BCUT2D eigenvalue weighted by Crippen LogP contribution is -2.14. The van der Waals surface area contributed by atoms with Gasteiger partial charge in [-0.15, -0.1) is 0 Å². The molecule has 0 fully saturated rings. The normalized spacial score (nSPS) is 11.9. The molecule has 0 atom stereocenters. The van der Waals surface area contributed by atoms with Crippen LogP contribution in [0.3, 0.4) is 0 Å². The highest BCUT2D eigenvalue weighted by Crippen LogP contribution is 2.44. The summed E-state index contributed by atoms with van der Waals surface area (Å²) in [6.07, 6.45) is 0. The summed E-state index contributed by atoms with van der Waals surface area (Å²) in [6.45, 7) is 0.0884. The lowest BCUT2D eigenvalue weighted by Gasteiger charge is -2.17. The highest BCUT2D eigenvalue weighted by molar-refractivity contribution is 6.16. The maximum absolute atomic E-state index is 12.9. The Hall–Kier alpha value is -3.94. The smallest absolute Gasteiger partial charge is 0.339 e. The number of hydrogen-bond acceptors (Lipinski definition) is 8. The number of esters is 2. The second-order valence-corrected chi connectivity index (χ2v) is 6.65. The first-order valence-corrected chi connectivity index (χ1v) is 9.31. The molecular weight excluding hydrogens is 404 g/mol. The van der Waals surface area contributed by atoms with Crippen molar-refractivity contribution in [3.8, 4) is 34.1 Å². The molecule has 3 aromatic rings. The summed E-state index contributed by atoms with van der Waals surface area (Å²) < 4.78 is 31.7. The van der Waals surface area contributed by atoms with Gasteiger partial charge in [-0.2, -0.15) is 0 Å². The standard InChI is InChI=1S/C23H20O8/c1-26-16-6-5-12(8-17(16)27-2)20-14-10-19-18(30-11-31-19)9-13(14)7-15(22(24)28-3)21(20)23(25)29-4/h5-10H,11H2,1-4H3. The molecule has 0 saturated heterocycles. The molecule has 0 aliphatic carbocycles.